The maximum Gasteiger partial charge on any atom is 0.274 e. The summed E-state index contributed by atoms with van der Waals surface area (Å²) in [5.74, 6) is 1.83. The third-order valence-electron chi connectivity index (χ3n) is 10.6. The predicted octanol–water partition coefficient (Wildman–Crippen LogP) is 6.89. The molecule has 11 nitrogen and oxygen atoms in total. The number of carbonyl (C=O) groups excluding carboxylic acids is 2. The van der Waals surface area contributed by atoms with Gasteiger partial charge in [0.1, 0.15) is 11.4 Å². The zero-order valence-corrected chi connectivity index (χ0v) is 32.8. The monoisotopic (exact) mass is 753 g/mol. The van der Waals surface area contributed by atoms with Gasteiger partial charge in [-0.25, -0.2) is 0 Å². The van der Waals surface area contributed by atoms with Crippen molar-refractivity contribution in [2.75, 3.05) is 71.3 Å². The van der Waals surface area contributed by atoms with Crippen LogP contribution in [0.1, 0.15) is 58.8 Å². The molecule has 0 bridgehead atoms. The summed E-state index contributed by atoms with van der Waals surface area (Å²) in [7, 11) is 4.43. The first-order valence-corrected chi connectivity index (χ1v) is 20.7. The summed E-state index contributed by atoms with van der Waals surface area (Å²) < 4.78 is 23.9. The number of amides is 2. The number of fused-ring (bicyclic) bond motifs is 4. The van der Waals surface area contributed by atoms with Gasteiger partial charge in [0, 0.05) is 66.5 Å². The van der Waals surface area contributed by atoms with Crippen molar-refractivity contribution in [3.63, 3.8) is 0 Å². The molecule has 2 N–H and O–H groups in total. The minimum absolute atomic E-state index is 0.00670. The predicted molar refractivity (Wildman–Crippen MR) is 200 cm³/mol. The van der Waals surface area contributed by atoms with E-state index in [1.807, 2.05) is 34.9 Å². The summed E-state index contributed by atoms with van der Waals surface area (Å²) in [5, 5.41) is 2.15. The zero-order chi connectivity index (χ0) is 35.6. The molecule has 0 radical (unpaired) electrons. The van der Waals surface area contributed by atoms with Crippen LogP contribution in [-0.4, -0.2) is 106 Å². The molecule has 264 valence electrons. The van der Waals surface area contributed by atoms with Crippen LogP contribution in [0.4, 0.5) is 5.69 Å². The normalized spacial score (nSPS) is 17.2. The maximum absolute atomic E-state index is 14.6. The number of aromatic nitrogens is 2. The largest absolute Gasteiger partial charge is 0.542 e. The quantitative estimate of drug-likeness (QED) is 0.149. The smallest absolute Gasteiger partial charge is 0.274 e. The van der Waals surface area contributed by atoms with E-state index in [1.54, 1.807) is 21.3 Å². The number of nitrogens with one attached hydrogen (secondary N) is 2. The number of ether oxygens (including phenoxy) is 3. The highest BCUT2D eigenvalue weighted by molar-refractivity contribution is 9.09. The van der Waals surface area contributed by atoms with E-state index in [1.165, 1.54) is 0 Å². The molecule has 4 heterocycles. The molecule has 2 aliphatic heterocycles. The number of aromatic amines is 2. The molecule has 0 saturated carbocycles. The lowest BCUT2D eigenvalue weighted by Crippen LogP contribution is -2.47. The Bertz CT molecular complexity index is 1940. The first-order valence-electron chi connectivity index (χ1n) is 16.7. The molecule has 0 spiro atoms. The van der Waals surface area contributed by atoms with Crippen molar-refractivity contribution >= 4 is 63.6 Å². The van der Waals surface area contributed by atoms with Gasteiger partial charge in [-0.15, -0.1) is 0 Å². The second-order valence-electron chi connectivity index (χ2n) is 14.7. The number of nitrogens with zero attached hydrogens (tertiary/aromatic N) is 3. The number of halogens is 1. The number of benzene rings is 2. The van der Waals surface area contributed by atoms with Crippen LogP contribution in [0.25, 0.3) is 21.8 Å². The molecule has 4 aromatic rings. The Labute approximate surface area is 297 Å². The molecular formula is C36H48BrN5O6Si. The van der Waals surface area contributed by atoms with Gasteiger partial charge in [-0.3, -0.25) is 9.59 Å². The third-order valence-corrected chi connectivity index (χ3v) is 15.7. The van der Waals surface area contributed by atoms with Crippen molar-refractivity contribution in [2.45, 2.75) is 51.7 Å². The van der Waals surface area contributed by atoms with Gasteiger partial charge < -0.3 is 43.3 Å². The Kier molecular flexibility index (Phi) is 9.25. The summed E-state index contributed by atoms with van der Waals surface area (Å²) in [5.41, 5.74) is 5.04. The lowest BCUT2D eigenvalue weighted by molar-refractivity contribution is 0.0665. The van der Waals surface area contributed by atoms with Gasteiger partial charge in [0.15, 0.2) is 11.5 Å². The van der Waals surface area contributed by atoms with E-state index >= 15 is 0 Å². The highest BCUT2D eigenvalue weighted by Crippen LogP contribution is 2.50. The highest BCUT2D eigenvalue weighted by atomic mass is 79.9. The second-order valence-corrected chi connectivity index (χ2v) is 20.1. The van der Waals surface area contributed by atoms with Crippen LogP contribution in [0.3, 0.4) is 0 Å². The number of alkyl halides is 1. The molecular weight excluding hydrogens is 706 g/mol. The van der Waals surface area contributed by atoms with Gasteiger partial charge in [0.05, 0.1) is 43.6 Å². The lowest BCUT2D eigenvalue weighted by atomic mass is 9.95. The van der Waals surface area contributed by atoms with Gasteiger partial charge in [-0.05, 0) is 49.8 Å². The van der Waals surface area contributed by atoms with E-state index in [0.717, 1.165) is 46.3 Å². The van der Waals surface area contributed by atoms with Gasteiger partial charge >= 0.3 is 0 Å². The van der Waals surface area contributed by atoms with E-state index in [4.69, 9.17) is 18.6 Å². The molecule has 49 heavy (non-hydrogen) atoms. The highest BCUT2D eigenvalue weighted by Gasteiger charge is 2.42. The van der Waals surface area contributed by atoms with Crippen LogP contribution < -0.4 is 23.5 Å². The lowest BCUT2D eigenvalue weighted by Gasteiger charge is -2.37. The SMILES string of the molecule is COc1cc2cc(C(=O)N3CC(CBr)c4c3cc(O[Si](C)(C)C(C)(C)C)c3[nH]c(C)c(C(=O)N5CCN(C)CC5)c43)[nH]c2c(OC)c1OC. The average molecular weight is 755 g/mol. The number of H-pyrrole nitrogens is 2. The molecule has 2 aliphatic rings. The van der Waals surface area contributed by atoms with Crippen molar-refractivity contribution in [2.24, 2.45) is 0 Å². The number of rotatable bonds is 8. The standard InChI is InChI=1S/C36H48BrN5O6Si/c1-20-27(35(44)41-13-11-40(5)12-14-41)29-28-22(18-37)19-42(24(28)17-25(31(29)38-20)48-49(9,10)36(2,3)4)34(43)23-15-21-16-26(45-6)32(46-7)33(47-8)30(21)39-23/h15-17,22,38-39H,11-14,18-19H2,1-10H3. The van der Waals surface area contributed by atoms with Crippen LogP contribution in [0.15, 0.2) is 18.2 Å². The van der Waals surface area contributed by atoms with E-state index < -0.39 is 8.32 Å². The van der Waals surface area contributed by atoms with E-state index in [0.29, 0.717) is 64.7 Å². The Morgan fingerprint density at radius 2 is 1.59 bits per heavy atom. The summed E-state index contributed by atoms with van der Waals surface area (Å²) >= 11 is 3.76. The fourth-order valence-corrected chi connectivity index (χ4v) is 8.34. The molecule has 1 atom stereocenters. The minimum atomic E-state index is -2.34. The van der Waals surface area contributed by atoms with Gasteiger partial charge in [0.2, 0.25) is 5.75 Å². The van der Waals surface area contributed by atoms with E-state index in [2.05, 4.69) is 71.7 Å². The molecule has 2 amide bonds. The fourth-order valence-electron chi connectivity index (χ4n) is 6.79. The Hall–Kier alpha value is -3.68. The summed E-state index contributed by atoms with van der Waals surface area (Å²) in [6.07, 6.45) is 0. The molecule has 6 rings (SSSR count). The van der Waals surface area contributed by atoms with Crippen LogP contribution >= 0.6 is 15.9 Å². The summed E-state index contributed by atoms with van der Waals surface area (Å²) in [4.78, 5) is 41.9. The van der Waals surface area contributed by atoms with Crippen LogP contribution in [-0.2, 0) is 0 Å². The second kappa shape index (κ2) is 12.9. The van der Waals surface area contributed by atoms with Crippen molar-refractivity contribution in [1.82, 2.24) is 19.8 Å². The summed E-state index contributed by atoms with van der Waals surface area (Å²) in [6, 6.07) is 5.66. The Balaban J connectivity index is 1.55. The first kappa shape index (κ1) is 35.2. The molecule has 2 aromatic carbocycles. The zero-order valence-electron chi connectivity index (χ0n) is 30.2. The summed E-state index contributed by atoms with van der Waals surface area (Å²) in [6.45, 7) is 16.4. The van der Waals surface area contributed by atoms with Crippen LogP contribution in [0, 0.1) is 6.92 Å². The maximum atomic E-state index is 14.6. The van der Waals surface area contributed by atoms with Gasteiger partial charge in [0.25, 0.3) is 20.1 Å². The Morgan fingerprint density at radius 1 is 0.918 bits per heavy atom. The average Bonchev–Trinajstić information content (AvgIpc) is 3.75. The van der Waals surface area contributed by atoms with Crippen molar-refractivity contribution in [3.05, 3.63) is 40.7 Å². The number of anilines is 1. The Morgan fingerprint density at radius 3 is 2.18 bits per heavy atom. The van der Waals surface area contributed by atoms with Crippen LogP contribution in [0.2, 0.25) is 18.1 Å². The minimum Gasteiger partial charge on any atom is -0.542 e. The van der Waals surface area contributed by atoms with E-state index in [9.17, 15) is 9.59 Å². The van der Waals surface area contributed by atoms with Crippen molar-refractivity contribution < 1.29 is 28.2 Å². The number of carbonyl (C=O) groups is 2. The third kappa shape index (κ3) is 5.87. The van der Waals surface area contributed by atoms with Crippen molar-refractivity contribution in [3.8, 4) is 23.0 Å². The number of likely N-dealkylation sites (N-methyl/N-ethyl adjacent to an activating group) is 1. The van der Waals surface area contributed by atoms with Crippen LogP contribution in [0.5, 0.6) is 23.0 Å². The molecule has 0 aliphatic carbocycles. The number of hydrogen-bond acceptors (Lipinski definition) is 7. The number of methoxy groups -OCH3 is 3. The molecule has 1 fully saturated rings. The van der Waals surface area contributed by atoms with Crippen molar-refractivity contribution in [1.29, 1.82) is 0 Å². The number of hydrogen-bond donors (Lipinski definition) is 2. The molecule has 1 unspecified atom stereocenters. The fraction of sp³-hybridized carbons (Fsp3) is 0.500. The molecule has 13 heteroatoms. The van der Waals surface area contributed by atoms with Gasteiger partial charge in [-0.2, -0.15) is 0 Å². The number of aryl methyl sites for hydroxylation is 1. The molecule has 1 saturated heterocycles. The first-order chi connectivity index (χ1) is 23.1. The number of piperazine rings is 1. The van der Waals surface area contributed by atoms with Gasteiger partial charge in [-0.1, -0.05) is 36.7 Å². The molecule has 2 aromatic heterocycles. The topological polar surface area (TPSA) is 112 Å². The van der Waals surface area contributed by atoms with E-state index in [-0.39, 0.29) is 22.8 Å².